The van der Waals surface area contributed by atoms with E-state index in [2.05, 4.69) is 24.9 Å². The van der Waals surface area contributed by atoms with E-state index in [1.807, 2.05) is 20.8 Å². The minimum absolute atomic E-state index is 0.0367. The summed E-state index contributed by atoms with van der Waals surface area (Å²) < 4.78 is 0. The van der Waals surface area contributed by atoms with E-state index in [-0.39, 0.29) is 29.9 Å². The van der Waals surface area contributed by atoms with Crippen molar-refractivity contribution in [3.8, 4) is 0 Å². The predicted molar refractivity (Wildman–Crippen MR) is 101 cm³/mol. The van der Waals surface area contributed by atoms with Crippen LogP contribution in [0.4, 0.5) is 0 Å². The summed E-state index contributed by atoms with van der Waals surface area (Å²) in [6.07, 6.45) is 5.83. The van der Waals surface area contributed by atoms with Gasteiger partial charge in [0.05, 0.1) is 11.7 Å². The highest BCUT2D eigenvalue weighted by Gasteiger charge is 2.35. The molecule has 0 heterocycles. The molecule has 5 nitrogen and oxygen atoms in total. The maximum atomic E-state index is 13.0. The minimum Gasteiger partial charge on any atom is -0.358 e. The van der Waals surface area contributed by atoms with Crippen molar-refractivity contribution in [3.05, 3.63) is 0 Å². The molecule has 0 aliphatic carbocycles. The molecule has 6 heteroatoms. The lowest BCUT2D eigenvalue weighted by atomic mass is 9.93. The number of nitrogens with zero attached hydrogens (tertiary/aromatic N) is 1. The first kappa shape index (κ1) is 23.0. The molecule has 0 aliphatic heterocycles. The standard InChI is InChI=1S/C18H34N2O3S/c1-6-7-8-9-10-11-14(15(21)13-24)17(23)20(18(2,3)4)12-16(22)19-5/h14,24H,6-13H2,1-5H3,(H,19,22). The summed E-state index contributed by atoms with van der Waals surface area (Å²) in [5, 5.41) is 2.54. The topological polar surface area (TPSA) is 66.5 Å². The highest BCUT2D eigenvalue weighted by Crippen LogP contribution is 2.22. The first-order valence-corrected chi connectivity index (χ1v) is 9.47. The zero-order chi connectivity index (χ0) is 18.8. The van der Waals surface area contributed by atoms with E-state index >= 15 is 0 Å². The molecule has 0 bridgehead atoms. The summed E-state index contributed by atoms with van der Waals surface area (Å²) in [5.74, 6) is -1.32. The van der Waals surface area contributed by atoms with Gasteiger partial charge in [0.2, 0.25) is 11.8 Å². The van der Waals surface area contributed by atoms with E-state index in [0.717, 1.165) is 25.7 Å². The third kappa shape index (κ3) is 8.18. The van der Waals surface area contributed by atoms with Gasteiger partial charge in [-0.05, 0) is 27.2 Å². The normalized spacial score (nSPS) is 12.6. The van der Waals surface area contributed by atoms with Gasteiger partial charge in [-0.2, -0.15) is 12.6 Å². The number of amides is 2. The number of carbonyl (C=O) groups excluding carboxylic acids is 3. The molecule has 140 valence electrons. The molecule has 0 radical (unpaired) electrons. The maximum absolute atomic E-state index is 13.0. The van der Waals surface area contributed by atoms with Gasteiger partial charge in [-0.25, -0.2) is 0 Å². The van der Waals surface area contributed by atoms with Crippen molar-refractivity contribution in [2.45, 2.75) is 71.8 Å². The van der Waals surface area contributed by atoms with Crippen LogP contribution in [-0.2, 0) is 14.4 Å². The molecule has 0 aromatic carbocycles. The molecule has 1 atom stereocenters. The summed E-state index contributed by atoms with van der Waals surface area (Å²) in [6.45, 7) is 7.73. The Labute approximate surface area is 152 Å². The first-order chi connectivity index (χ1) is 11.2. The molecule has 0 spiro atoms. The Morgan fingerprint density at radius 1 is 1.08 bits per heavy atom. The molecule has 0 aromatic heterocycles. The Balaban J connectivity index is 5.08. The molecular weight excluding hydrogens is 324 g/mol. The summed E-state index contributed by atoms with van der Waals surface area (Å²) >= 11 is 4.06. The number of Topliss-reactive ketones (excluding diaryl/α,β-unsaturated/α-hetero) is 1. The van der Waals surface area contributed by atoms with Crippen molar-refractivity contribution in [2.24, 2.45) is 5.92 Å². The zero-order valence-electron chi connectivity index (χ0n) is 15.9. The third-order valence-electron chi connectivity index (χ3n) is 4.10. The number of hydrogen-bond acceptors (Lipinski definition) is 4. The fourth-order valence-electron chi connectivity index (χ4n) is 2.54. The van der Waals surface area contributed by atoms with Crippen molar-refractivity contribution in [2.75, 3.05) is 19.3 Å². The van der Waals surface area contributed by atoms with E-state index in [4.69, 9.17) is 0 Å². The molecule has 0 aromatic rings. The first-order valence-electron chi connectivity index (χ1n) is 8.84. The molecule has 0 rings (SSSR count). The van der Waals surface area contributed by atoms with Crippen LogP contribution >= 0.6 is 12.6 Å². The Morgan fingerprint density at radius 3 is 2.12 bits per heavy atom. The van der Waals surface area contributed by atoms with Crippen LogP contribution in [0, 0.1) is 5.92 Å². The zero-order valence-corrected chi connectivity index (χ0v) is 16.7. The lowest BCUT2D eigenvalue weighted by molar-refractivity contribution is -0.147. The Kier molecular flexibility index (Phi) is 11.0. The lowest BCUT2D eigenvalue weighted by Gasteiger charge is -2.37. The third-order valence-corrected chi connectivity index (χ3v) is 4.41. The number of hydrogen-bond donors (Lipinski definition) is 2. The van der Waals surface area contributed by atoms with E-state index in [1.165, 1.54) is 18.4 Å². The van der Waals surface area contributed by atoms with Crippen LogP contribution < -0.4 is 5.32 Å². The second-order valence-corrected chi connectivity index (χ2v) is 7.46. The molecule has 1 unspecified atom stereocenters. The molecule has 1 N–H and O–H groups in total. The van der Waals surface area contributed by atoms with Crippen molar-refractivity contribution >= 4 is 30.2 Å². The van der Waals surface area contributed by atoms with Gasteiger partial charge in [-0.3, -0.25) is 14.4 Å². The quantitative estimate of drug-likeness (QED) is 0.339. The molecular formula is C18H34N2O3S. The van der Waals surface area contributed by atoms with Crippen LogP contribution in [0.5, 0.6) is 0 Å². The van der Waals surface area contributed by atoms with Crippen molar-refractivity contribution in [3.63, 3.8) is 0 Å². The number of nitrogens with one attached hydrogen (secondary N) is 1. The van der Waals surface area contributed by atoms with E-state index in [9.17, 15) is 14.4 Å². The monoisotopic (exact) mass is 358 g/mol. The van der Waals surface area contributed by atoms with Crippen LogP contribution in [-0.4, -0.2) is 47.4 Å². The highest BCUT2D eigenvalue weighted by molar-refractivity contribution is 7.81. The van der Waals surface area contributed by atoms with Gasteiger partial charge in [0, 0.05) is 12.6 Å². The summed E-state index contributed by atoms with van der Waals surface area (Å²) in [4.78, 5) is 38.5. The second-order valence-electron chi connectivity index (χ2n) is 7.15. The van der Waals surface area contributed by atoms with E-state index in [1.54, 1.807) is 0 Å². The maximum Gasteiger partial charge on any atom is 0.239 e. The predicted octanol–water partition coefficient (Wildman–Crippen LogP) is 2.84. The van der Waals surface area contributed by atoms with Gasteiger partial charge in [0.15, 0.2) is 5.78 Å². The fraction of sp³-hybridized carbons (Fsp3) is 0.833. The van der Waals surface area contributed by atoms with Gasteiger partial charge in [0.1, 0.15) is 6.54 Å². The second kappa shape index (κ2) is 11.5. The van der Waals surface area contributed by atoms with E-state index in [0.29, 0.717) is 6.42 Å². The van der Waals surface area contributed by atoms with Gasteiger partial charge in [0.25, 0.3) is 0 Å². The number of ketones is 1. The van der Waals surface area contributed by atoms with Crippen LogP contribution in [0.15, 0.2) is 0 Å². The number of likely N-dealkylation sites (N-methyl/N-ethyl adjacent to an activating group) is 1. The van der Waals surface area contributed by atoms with Crippen LogP contribution in [0.3, 0.4) is 0 Å². The van der Waals surface area contributed by atoms with Crippen LogP contribution in [0.25, 0.3) is 0 Å². The highest BCUT2D eigenvalue weighted by atomic mass is 32.1. The minimum atomic E-state index is -0.701. The van der Waals surface area contributed by atoms with Gasteiger partial charge in [-0.15, -0.1) is 0 Å². The summed E-state index contributed by atoms with van der Waals surface area (Å²) in [6, 6.07) is 0. The molecule has 2 amide bonds. The van der Waals surface area contributed by atoms with Crippen molar-refractivity contribution in [1.82, 2.24) is 10.2 Å². The molecule has 24 heavy (non-hydrogen) atoms. The Bertz CT molecular complexity index is 419. The Morgan fingerprint density at radius 2 is 1.67 bits per heavy atom. The lowest BCUT2D eigenvalue weighted by Crippen LogP contribution is -2.53. The van der Waals surface area contributed by atoms with Crippen LogP contribution in [0.2, 0.25) is 0 Å². The number of carbonyl (C=O) groups is 3. The average molecular weight is 359 g/mol. The SMILES string of the molecule is CCCCCCCC(C(=O)CS)C(=O)N(CC(=O)NC)C(C)(C)C. The summed E-state index contributed by atoms with van der Waals surface area (Å²) in [5.41, 5.74) is -0.527. The molecule has 0 saturated carbocycles. The number of thiol groups is 1. The largest absolute Gasteiger partial charge is 0.358 e. The Hall–Kier alpha value is -1.04. The van der Waals surface area contributed by atoms with Gasteiger partial charge >= 0.3 is 0 Å². The van der Waals surface area contributed by atoms with Gasteiger partial charge in [-0.1, -0.05) is 39.0 Å². The average Bonchev–Trinajstić information content (AvgIpc) is 2.53. The molecule has 0 fully saturated rings. The smallest absolute Gasteiger partial charge is 0.239 e. The van der Waals surface area contributed by atoms with Crippen molar-refractivity contribution in [1.29, 1.82) is 0 Å². The van der Waals surface area contributed by atoms with Crippen molar-refractivity contribution < 1.29 is 14.4 Å². The molecule has 0 saturated heterocycles. The number of unbranched alkanes of at least 4 members (excludes halogenated alkanes) is 4. The van der Waals surface area contributed by atoms with Crippen LogP contribution in [0.1, 0.15) is 66.2 Å². The van der Waals surface area contributed by atoms with E-state index < -0.39 is 11.5 Å². The number of rotatable bonds is 11. The fourth-order valence-corrected chi connectivity index (χ4v) is 2.76. The molecule has 0 aliphatic rings. The van der Waals surface area contributed by atoms with Gasteiger partial charge < -0.3 is 10.2 Å². The summed E-state index contributed by atoms with van der Waals surface area (Å²) in [7, 11) is 1.54.